The highest BCUT2D eigenvalue weighted by Crippen LogP contribution is 2.38. The van der Waals surface area contributed by atoms with E-state index >= 15 is 0 Å². The van der Waals surface area contributed by atoms with Gasteiger partial charge in [-0.3, -0.25) is 9.88 Å². The van der Waals surface area contributed by atoms with E-state index in [2.05, 4.69) is 62.7 Å². The van der Waals surface area contributed by atoms with Crippen LogP contribution in [0.4, 0.5) is 17.1 Å². The molecule has 1 aliphatic heterocycles. The van der Waals surface area contributed by atoms with E-state index in [1.54, 1.807) is 23.7 Å². The minimum absolute atomic E-state index is 0.153. The summed E-state index contributed by atoms with van der Waals surface area (Å²) < 4.78 is 1.99. The van der Waals surface area contributed by atoms with Crippen LogP contribution in [-0.2, 0) is 0 Å². The fourth-order valence-electron chi connectivity index (χ4n) is 5.51. The number of piperidine rings is 1. The van der Waals surface area contributed by atoms with Gasteiger partial charge in [-0.05, 0) is 63.9 Å². The lowest BCUT2D eigenvalue weighted by atomic mass is 9.98. The number of pyridine rings is 1. The van der Waals surface area contributed by atoms with Crippen molar-refractivity contribution in [1.82, 2.24) is 29.9 Å². The number of hydrogen-bond donors (Lipinski definition) is 2. The van der Waals surface area contributed by atoms with Gasteiger partial charge in [0, 0.05) is 47.0 Å². The van der Waals surface area contributed by atoms with Crippen molar-refractivity contribution < 1.29 is 0 Å². The molecule has 1 aliphatic rings. The van der Waals surface area contributed by atoms with E-state index in [9.17, 15) is 5.26 Å². The molecule has 1 unspecified atom stereocenters. The van der Waals surface area contributed by atoms with E-state index in [0.717, 1.165) is 37.3 Å². The molecule has 0 amide bonds. The Labute approximate surface area is 274 Å². The molecule has 2 N–H and O–H groups in total. The first-order valence-electron chi connectivity index (χ1n) is 14.2. The highest BCUT2D eigenvalue weighted by molar-refractivity contribution is 7.07. The number of nitrogens with one attached hydrogen (secondary N) is 2. The number of halogens is 3. The lowest BCUT2D eigenvalue weighted by molar-refractivity contribution is 0.0866. The number of likely N-dealkylation sites (tertiary alicyclic amines) is 1. The third kappa shape index (κ3) is 6.34. The van der Waals surface area contributed by atoms with Crippen molar-refractivity contribution in [2.24, 2.45) is 0 Å². The Morgan fingerprint density at radius 1 is 1.00 bits per heavy atom. The zero-order valence-electron chi connectivity index (χ0n) is 24.4. The molecule has 44 heavy (non-hydrogen) atoms. The lowest BCUT2D eigenvalue weighted by Crippen LogP contribution is -2.46. The Hall–Kier alpha value is -3.46. The fraction of sp³-hybridized carbons (Fsp3) is 0.323. The topological polar surface area (TPSA) is 108 Å². The molecule has 13 heteroatoms. The average Bonchev–Trinajstić information content (AvgIpc) is 3.71. The van der Waals surface area contributed by atoms with Gasteiger partial charge in [-0.15, -0.1) is 16.4 Å². The van der Waals surface area contributed by atoms with Crippen LogP contribution in [0.15, 0.2) is 53.6 Å². The zero-order valence-corrected chi connectivity index (χ0v) is 27.4. The molecule has 0 spiro atoms. The normalized spacial score (nSPS) is 15.3. The van der Waals surface area contributed by atoms with Crippen molar-refractivity contribution in [3.63, 3.8) is 0 Å². The quantitative estimate of drug-likeness (QED) is 0.178. The molecule has 0 aliphatic carbocycles. The van der Waals surface area contributed by atoms with E-state index in [1.165, 1.54) is 17.5 Å². The molecule has 5 aromatic rings. The van der Waals surface area contributed by atoms with Crippen molar-refractivity contribution in [3.05, 3.63) is 85.6 Å². The molecular formula is C31H30Cl3N9S. The molecule has 6 rings (SSSR count). The van der Waals surface area contributed by atoms with Crippen LogP contribution in [0.25, 0.3) is 10.9 Å². The Bertz CT molecular complexity index is 1830. The van der Waals surface area contributed by atoms with Crippen LogP contribution >= 0.6 is 46.1 Å². The van der Waals surface area contributed by atoms with Crippen molar-refractivity contribution in [2.75, 3.05) is 23.7 Å². The Kier molecular flexibility index (Phi) is 8.68. The summed E-state index contributed by atoms with van der Waals surface area (Å²) in [5.41, 5.74) is 6.36. The summed E-state index contributed by atoms with van der Waals surface area (Å²) in [6.45, 7) is 8.81. The van der Waals surface area contributed by atoms with E-state index in [1.807, 2.05) is 28.4 Å². The van der Waals surface area contributed by atoms with E-state index in [4.69, 9.17) is 34.8 Å². The molecule has 4 heterocycles. The maximum absolute atomic E-state index is 9.92. The van der Waals surface area contributed by atoms with Gasteiger partial charge in [-0.2, -0.15) is 5.26 Å². The van der Waals surface area contributed by atoms with E-state index < -0.39 is 0 Å². The highest BCUT2D eigenvalue weighted by Gasteiger charge is 2.29. The number of fused-ring (bicyclic) bond motifs is 1. The molecule has 0 saturated carbocycles. The fourth-order valence-corrected chi connectivity index (χ4v) is 6.66. The first-order chi connectivity index (χ1) is 21.1. The van der Waals surface area contributed by atoms with Crippen LogP contribution in [-0.4, -0.2) is 48.5 Å². The summed E-state index contributed by atoms with van der Waals surface area (Å²) in [5.74, 6) is 0. The summed E-state index contributed by atoms with van der Waals surface area (Å²) in [6.07, 6.45) is 5.54. The highest BCUT2D eigenvalue weighted by atomic mass is 35.5. The molecule has 3 aromatic heterocycles. The van der Waals surface area contributed by atoms with Gasteiger partial charge in [0.15, 0.2) is 0 Å². The summed E-state index contributed by atoms with van der Waals surface area (Å²) >= 11 is 20.7. The second-order valence-corrected chi connectivity index (χ2v) is 13.7. The zero-order chi connectivity index (χ0) is 31.0. The van der Waals surface area contributed by atoms with Crippen molar-refractivity contribution in [2.45, 2.75) is 51.2 Å². The smallest absolute Gasteiger partial charge is 0.116 e. The molecule has 2 aromatic carbocycles. The number of rotatable bonds is 7. The van der Waals surface area contributed by atoms with Gasteiger partial charge < -0.3 is 10.6 Å². The average molecular weight is 667 g/mol. The summed E-state index contributed by atoms with van der Waals surface area (Å²) in [6, 6.07) is 11.1. The number of nitriles is 1. The standard InChI is InChI=1S/C31H30Cl3N9S/c1-31(2,3)42-8-6-21(7-9-42)43-15-26(40-41-43)30(27-16-44-17-37-27)39-20-10-22-28(38-19-4-5-23(32)24(33)11-19)18(13-35)14-36-29(22)25(34)12-20/h4-5,10-12,14-17,21,30,39H,6-9H2,1-3H3,(H,36,38). The Morgan fingerprint density at radius 3 is 2.45 bits per heavy atom. The van der Waals surface area contributed by atoms with Crippen molar-refractivity contribution in [3.8, 4) is 6.07 Å². The lowest BCUT2D eigenvalue weighted by Gasteiger charge is -2.40. The molecule has 0 bridgehead atoms. The van der Waals surface area contributed by atoms with Crippen molar-refractivity contribution >= 4 is 74.1 Å². The number of thiazole rings is 1. The van der Waals surface area contributed by atoms with E-state index in [0.29, 0.717) is 48.6 Å². The van der Waals surface area contributed by atoms with Gasteiger partial charge in [-0.25, -0.2) is 9.67 Å². The van der Waals surface area contributed by atoms with Crippen LogP contribution in [0.2, 0.25) is 15.1 Å². The Balaban J connectivity index is 1.33. The molecule has 1 atom stereocenters. The maximum Gasteiger partial charge on any atom is 0.116 e. The molecule has 1 saturated heterocycles. The van der Waals surface area contributed by atoms with E-state index in [-0.39, 0.29) is 17.6 Å². The number of benzene rings is 2. The maximum atomic E-state index is 9.92. The van der Waals surface area contributed by atoms with Crippen LogP contribution < -0.4 is 10.6 Å². The minimum atomic E-state index is -0.378. The van der Waals surface area contributed by atoms with Crippen LogP contribution in [0.1, 0.15) is 62.6 Å². The van der Waals surface area contributed by atoms with Gasteiger partial charge in [-0.1, -0.05) is 40.0 Å². The number of hydrogen-bond acceptors (Lipinski definition) is 9. The molecular weight excluding hydrogens is 637 g/mol. The first-order valence-corrected chi connectivity index (χ1v) is 16.2. The molecule has 1 fully saturated rings. The van der Waals surface area contributed by atoms with Gasteiger partial charge in [0.1, 0.15) is 17.8 Å². The van der Waals surface area contributed by atoms with Crippen LogP contribution in [0, 0.1) is 11.3 Å². The third-order valence-corrected chi connectivity index (χ3v) is 9.54. The van der Waals surface area contributed by atoms with Gasteiger partial charge in [0.25, 0.3) is 0 Å². The second kappa shape index (κ2) is 12.5. The summed E-state index contributed by atoms with van der Waals surface area (Å²) in [5, 5.41) is 29.9. The minimum Gasteiger partial charge on any atom is -0.371 e. The Morgan fingerprint density at radius 2 is 1.77 bits per heavy atom. The van der Waals surface area contributed by atoms with Crippen LogP contribution in [0.5, 0.6) is 0 Å². The monoisotopic (exact) mass is 665 g/mol. The predicted molar refractivity (Wildman–Crippen MR) is 178 cm³/mol. The number of anilines is 3. The summed E-state index contributed by atoms with van der Waals surface area (Å²) in [4.78, 5) is 11.6. The molecule has 0 radical (unpaired) electrons. The molecule has 9 nitrogen and oxygen atoms in total. The largest absolute Gasteiger partial charge is 0.371 e. The third-order valence-electron chi connectivity index (χ3n) is 7.90. The predicted octanol–water partition coefficient (Wildman–Crippen LogP) is 8.50. The number of nitrogens with zero attached hydrogens (tertiary/aromatic N) is 7. The van der Waals surface area contributed by atoms with Gasteiger partial charge in [0.05, 0.1) is 55.3 Å². The first kappa shape index (κ1) is 30.6. The molecule has 226 valence electrons. The second-order valence-electron chi connectivity index (χ2n) is 11.8. The number of aromatic nitrogens is 5. The van der Waals surface area contributed by atoms with Gasteiger partial charge >= 0.3 is 0 Å². The SMILES string of the molecule is CC(C)(C)N1CCC(n2cc(C(Nc3cc(Cl)c4ncc(C#N)c(Nc5ccc(Cl)c(Cl)c5)c4c3)c3cscn3)nn2)CC1. The van der Waals surface area contributed by atoms with Crippen molar-refractivity contribution in [1.29, 1.82) is 5.26 Å². The van der Waals surface area contributed by atoms with Gasteiger partial charge in [0.2, 0.25) is 0 Å². The summed E-state index contributed by atoms with van der Waals surface area (Å²) in [7, 11) is 0. The van der Waals surface area contributed by atoms with Crippen LogP contribution in [0.3, 0.4) is 0 Å².